The van der Waals surface area contributed by atoms with Gasteiger partial charge in [-0.2, -0.15) is 0 Å². The molecule has 62 heavy (non-hydrogen) atoms. The normalized spacial score (nSPS) is 21.3. The van der Waals surface area contributed by atoms with Crippen LogP contribution >= 0.6 is 0 Å². The Labute approximate surface area is 363 Å². The summed E-state index contributed by atoms with van der Waals surface area (Å²) in [5.74, 6) is 8.81. The van der Waals surface area contributed by atoms with Gasteiger partial charge in [-0.15, -0.1) is 0 Å². The van der Waals surface area contributed by atoms with Crippen molar-refractivity contribution in [1.29, 1.82) is 0 Å². The summed E-state index contributed by atoms with van der Waals surface area (Å²) in [4.78, 5) is 71.3. The van der Waals surface area contributed by atoms with Crippen molar-refractivity contribution in [2.75, 3.05) is 27.3 Å². The number of amides is 4. The molecule has 4 atom stereocenters. The first-order valence-electron chi connectivity index (χ1n) is 22.1. The number of imidazole rings is 2. The maximum absolute atomic E-state index is 13.7. The minimum atomic E-state index is -0.694. The Morgan fingerprint density at radius 3 is 1.73 bits per heavy atom. The summed E-state index contributed by atoms with van der Waals surface area (Å²) in [6.45, 7) is 8.83. The van der Waals surface area contributed by atoms with Gasteiger partial charge >= 0.3 is 12.2 Å². The van der Waals surface area contributed by atoms with Gasteiger partial charge in [-0.3, -0.25) is 9.59 Å². The van der Waals surface area contributed by atoms with Crippen LogP contribution in [0.15, 0.2) is 48.8 Å². The lowest BCUT2D eigenvalue weighted by molar-refractivity contribution is -0.136. The number of hydrogen-bond acceptors (Lipinski definition) is 8. The molecule has 2 aromatic heterocycles. The van der Waals surface area contributed by atoms with Crippen molar-refractivity contribution in [3.63, 3.8) is 0 Å². The fourth-order valence-electron chi connectivity index (χ4n) is 10.1. The van der Waals surface area contributed by atoms with Gasteiger partial charge < -0.3 is 39.9 Å². The van der Waals surface area contributed by atoms with Crippen LogP contribution in [-0.4, -0.2) is 93.1 Å². The van der Waals surface area contributed by atoms with E-state index >= 15 is 0 Å². The summed E-state index contributed by atoms with van der Waals surface area (Å²) in [5.41, 5.74) is 8.88. The zero-order chi connectivity index (χ0) is 43.7. The summed E-state index contributed by atoms with van der Waals surface area (Å²) < 4.78 is 9.57. The van der Waals surface area contributed by atoms with Crippen LogP contribution in [0.3, 0.4) is 0 Å². The summed E-state index contributed by atoms with van der Waals surface area (Å²) in [5, 5.41) is 5.43. The zero-order valence-electron chi connectivity index (χ0n) is 36.5. The van der Waals surface area contributed by atoms with Crippen LogP contribution in [0.25, 0.3) is 22.4 Å². The van der Waals surface area contributed by atoms with Gasteiger partial charge in [-0.1, -0.05) is 63.9 Å². The second kappa shape index (κ2) is 18.1. The second-order valence-electron chi connectivity index (χ2n) is 17.8. The molecule has 0 radical (unpaired) electrons. The molecule has 0 unspecified atom stereocenters. The topological polar surface area (TPSA) is 175 Å². The van der Waals surface area contributed by atoms with Gasteiger partial charge in [-0.05, 0) is 115 Å². The van der Waals surface area contributed by atoms with Crippen LogP contribution in [0.1, 0.15) is 137 Å². The maximum Gasteiger partial charge on any atom is 0.407 e. The minimum absolute atomic E-state index is 0.104. The number of benzene rings is 2. The molecular formula is C48H58N8O6. The number of fused-ring (bicyclic) bond motifs is 2. The van der Waals surface area contributed by atoms with Crippen molar-refractivity contribution in [3.8, 4) is 34.2 Å². The van der Waals surface area contributed by atoms with E-state index in [1.807, 2.05) is 43.7 Å². The number of alkyl carbamates (subject to hydrolysis) is 2. The van der Waals surface area contributed by atoms with Crippen molar-refractivity contribution in [2.45, 2.75) is 115 Å². The quantitative estimate of drug-likeness (QED) is 0.118. The number of carbonyl (C=O) groups is 4. The van der Waals surface area contributed by atoms with Gasteiger partial charge in [0.1, 0.15) is 29.4 Å². The summed E-state index contributed by atoms with van der Waals surface area (Å²) in [6.07, 6.45) is 10.3. The van der Waals surface area contributed by atoms with Gasteiger partial charge in [0.15, 0.2) is 0 Å². The standard InChI is InChI=1S/C48H58N8O6/c1-27(2)41(53-47(59)61-5)45(57)55-23-7-9-37(55)43-49-25-34(51-43)21-19-32-20-22-35(40-33-17-15-31(16-18-33)39(32)40)29-11-13-30(14-12-29)36-26-50-44(52-36)38-10-8-24-56(38)46(58)42(28(3)4)54-48(60)62-6/h11-14,20,22,25-28,31,33,37-38,41-42H,7-10,15-18,23-24H2,1-6H3,(H,49,51)(H,50,52)(H,53,59)(H,54,60)/t31?,33?,37-,38-,41-,42+/m0/s1. The van der Waals surface area contributed by atoms with Crippen LogP contribution < -0.4 is 10.6 Å². The second-order valence-corrected chi connectivity index (χ2v) is 17.8. The van der Waals surface area contributed by atoms with E-state index in [9.17, 15) is 19.2 Å². The van der Waals surface area contributed by atoms with Gasteiger partial charge in [0, 0.05) is 18.7 Å². The predicted octanol–water partition coefficient (Wildman–Crippen LogP) is 7.71. The van der Waals surface area contributed by atoms with E-state index < -0.39 is 24.3 Å². The molecule has 3 aliphatic carbocycles. The largest absolute Gasteiger partial charge is 0.453 e. The average Bonchev–Trinajstić information content (AvgIpc) is 4.14. The van der Waals surface area contributed by atoms with Gasteiger partial charge in [-0.25, -0.2) is 19.6 Å². The molecule has 4 amide bonds. The Morgan fingerprint density at radius 1 is 0.661 bits per heavy atom. The SMILES string of the molecule is COC(=O)N[C@H](C(=O)N1CCC[C@H]1c1ncc(C#Cc2ccc(-c3ccc(-c4cnc([C@@H]5CCCN5C(=O)[C@H](NC(=O)OC)C(C)C)[nH]4)cc3)c3c2C2CCC3CC2)[nH]1)C(C)C. The van der Waals surface area contributed by atoms with Crippen molar-refractivity contribution < 1.29 is 28.7 Å². The summed E-state index contributed by atoms with van der Waals surface area (Å²) >= 11 is 0. The molecule has 2 aliphatic heterocycles. The fraction of sp³-hybridized carbons (Fsp3) is 0.500. The Bertz CT molecular complexity index is 2360. The lowest BCUT2D eigenvalue weighted by Gasteiger charge is -2.40. The van der Waals surface area contributed by atoms with E-state index in [4.69, 9.17) is 14.5 Å². The number of likely N-dealkylation sites (tertiary alicyclic amines) is 2. The number of carbonyl (C=O) groups excluding carboxylic acids is 4. The molecule has 4 aromatic rings. The molecule has 2 bridgehead atoms. The lowest BCUT2D eigenvalue weighted by Crippen LogP contribution is -2.51. The van der Waals surface area contributed by atoms with E-state index in [1.54, 1.807) is 6.20 Å². The van der Waals surface area contributed by atoms with E-state index in [-0.39, 0.29) is 35.7 Å². The molecule has 326 valence electrons. The number of hydrogen-bond donors (Lipinski definition) is 4. The smallest absolute Gasteiger partial charge is 0.407 e. The summed E-state index contributed by atoms with van der Waals surface area (Å²) in [7, 11) is 2.59. The number of ether oxygens (including phenoxy) is 2. The molecular weight excluding hydrogens is 785 g/mol. The maximum atomic E-state index is 13.7. The Hall–Kier alpha value is -6.10. The van der Waals surface area contributed by atoms with Crippen LogP contribution in [0.5, 0.6) is 0 Å². The minimum Gasteiger partial charge on any atom is -0.453 e. The van der Waals surface area contributed by atoms with Crippen LogP contribution in [0.4, 0.5) is 9.59 Å². The highest BCUT2D eigenvalue weighted by molar-refractivity contribution is 5.87. The molecule has 4 heterocycles. The van der Waals surface area contributed by atoms with Crippen molar-refractivity contribution >= 4 is 24.0 Å². The van der Waals surface area contributed by atoms with Crippen LogP contribution in [0.2, 0.25) is 0 Å². The monoisotopic (exact) mass is 842 g/mol. The van der Waals surface area contributed by atoms with Crippen molar-refractivity contribution in [3.05, 3.63) is 82.8 Å². The zero-order valence-corrected chi connectivity index (χ0v) is 36.5. The number of aromatic amines is 2. The molecule has 3 fully saturated rings. The molecule has 0 spiro atoms. The first-order valence-corrected chi connectivity index (χ1v) is 22.1. The first-order chi connectivity index (χ1) is 29.9. The Kier molecular flexibility index (Phi) is 12.4. The van der Waals surface area contributed by atoms with E-state index in [0.29, 0.717) is 36.4 Å². The molecule has 14 heteroatoms. The molecule has 1 saturated carbocycles. The predicted molar refractivity (Wildman–Crippen MR) is 234 cm³/mol. The third-order valence-corrected chi connectivity index (χ3v) is 13.3. The third-order valence-electron chi connectivity index (χ3n) is 13.3. The summed E-state index contributed by atoms with van der Waals surface area (Å²) in [6, 6.07) is 11.2. The molecule has 2 aromatic carbocycles. The van der Waals surface area contributed by atoms with Gasteiger partial charge in [0.25, 0.3) is 0 Å². The molecule has 5 aliphatic rings. The number of aromatic nitrogens is 4. The molecule has 2 saturated heterocycles. The molecule has 9 rings (SSSR count). The van der Waals surface area contributed by atoms with Gasteiger partial charge in [0.2, 0.25) is 11.8 Å². The highest BCUT2D eigenvalue weighted by atomic mass is 16.5. The van der Waals surface area contributed by atoms with E-state index in [1.165, 1.54) is 56.6 Å². The van der Waals surface area contributed by atoms with Crippen molar-refractivity contribution in [2.24, 2.45) is 11.8 Å². The first kappa shape index (κ1) is 42.6. The molecule has 14 nitrogen and oxygen atoms in total. The number of nitrogens with one attached hydrogen (secondary N) is 4. The number of methoxy groups -OCH3 is 2. The van der Waals surface area contributed by atoms with E-state index in [2.05, 4.69) is 73.8 Å². The van der Waals surface area contributed by atoms with E-state index in [0.717, 1.165) is 53.9 Å². The highest BCUT2D eigenvalue weighted by Crippen LogP contribution is 2.53. The van der Waals surface area contributed by atoms with Gasteiger partial charge in [0.05, 0.1) is 44.4 Å². The Balaban J connectivity index is 0.999. The number of rotatable bonds is 10. The van der Waals surface area contributed by atoms with Crippen LogP contribution in [-0.2, 0) is 19.1 Å². The fourth-order valence-corrected chi connectivity index (χ4v) is 10.1. The molecule has 4 N–H and O–H groups in total. The average molecular weight is 843 g/mol. The Morgan fingerprint density at radius 2 is 1.18 bits per heavy atom. The number of H-pyrrole nitrogens is 2. The lowest BCUT2D eigenvalue weighted by atomic mass is 9.64. The van der Waals surface area contributed by atoms with Crippen LogP contribution in [0, 0.1) is 23.7 Å². The third kappa shape index (κ3) is 8.41. The number of nitrogens with zero attached hydrogens (tertiary/aromatic N) is 4. The highest BCUT2D eigenvalue weighted by Gasteiger charge is 2.40. The van der Waals surface area contributed by atoms with Crippen molar-refractivity contribution in [1.82, 2.24) is 40.4 Å².